The van der Waals surface area contributed by atoms with Crippen molar-refractivity contribution in [1.29, 1.82) is 0 Å². The molecule has 0 bridgehead atoms. The summed E-state index contributed by atoms with van der Waals surface area (Å²) < 4.78 is 15.9. The van der Waals surface area contributed by atoms with Gasteiger partial charge in [0, 0.05) is 5.56 Å². The smallest absolute Gasteiger partial charge is 0.361 e. The van der Waals surface area contributed by atoms with Crippen LogP contribution in [0.3, 0.4) is 0 Å². The SMILES string of the molecule is CCCOc1ccc(-c2n[nH]nc2C(=O)OCC)cc1OC. The third-order valence-corrected chi connectivity index (χ3v) is 2.92. The quantitative estimate of drug-likeness (QED) is 0.791. The van der Waals surface area contributed by atoms with Crippen molar-refractivity contribution >= 4 is 5.97 Å². The Bertz CT molecular complexity index is 639. The number of aromatic nitrogens is 3. The summed E-state index contributed by atoms with van der Waals surface area (Å²) in [5, 5.41) is 10.3. The van der Waals surface area contributed by atoms with Crippen LogP contribution >= 0.6 is 0 Å². The van der Waals surface area contributed by atoms with E-state index in [1.165, 1.54) is 0 Å². The van der Waals surface area contributed by atoms with E-state index in [9.17, 15) is 4.79 Å². The van der Waals surface area contributed by atoms with Gasteiger partial charge in [0.2, 0.25) is 0 Å². The van der Waals surface area contributed by atoms with E-state index < -0.39 is 5.97 Å². The highest BCUT2D eigenvalue weighted by Gasteiger charge is 2.20. The molecule has 1 N–H and O–H groups in total. The average Bonchev–Trinajstić information content (AvgIpc) is 3.02. The minimum Gasteiger partial charge on any atom is -0.493 e. The number of carbonyl (C=O) groups is 1. The molecule has 1 aromatic carbocycles. The number of hydrogen-bond donors (Lipinski definition) is 1. The second-order valence-corrected chi connectivity index (χ2v) is 4.46. The van der Waals surface area contributed by atoms with Gasteiger partial charge in [0.15, 0.2) is 17.2 Å². The van der Waals surface area contributed by atoms with Crippen molar-refractivity contribution in [3.05, 3.63) is 23.9 Å². The van der Waals surface area contributed by atoms with Gasteiger partial charge >= 0.3 is 5.97 Å². The van der Waals surface area contributed by atoms with E-state index in [4.69, 9.17) is 14.2 Å². The molecule has 1 aromatic heterocycles. The van der Waals surface area contributed by atoms with Crippen molar-refractivity contribution in [2.75, 3.05) is 20.3 Å². The summed E-state index contributed by atoms with van der Waals surface area (Å²) in [4.78, 5) is 11.9. The summed E-state index contributed by atoms with van der Waals surface area (Å²) >= 11 is 0. The van der Waals surface area contributed by atoms with Gasteiger partial charge in [-0.25, -0.2) is 4.79 Å². The molecule has 0 saturated heterocycles. The fourth-order valence-corrected chi connectivity index (χ4v) is 1.92. The Morgan fingerprint density at radius 3 is 2.73 bits per heavy atom. The van der Waals surface area contributed by atoms with Gasteiger partial charge in [0.05, 0.1) is 20.3 Å². The number of rotatable bonds is 7. The van der Waals surface area contributed by atoms with Crippen molar-refractivity contribution in [1.82, 2.24) is 15.4 Å². The molecule has 7 nitrogen and oxygen atoms in total. The van der Waals surface area contributed by atoms with Crippen LogP contribution in [0.5, 0.6) is 11.5 Å². The maximum Gasteiger partial charge on any atom is 0.361 e. The van der Waals surface area contributed by atoms with Crippen molar-refractivity contribution < 1.29 is 19.0 Å². The lowest BCUT2D eigenvalue weighted by molar-refractivity contribution is 0.0520. The van der Waals surface area contributed by atoms with Crippen molar-refractivity contribution in [2.24, 2.45) is 0 Å². The first-order valence-corrected chi connectivity index (χ1v) is 7.10. The number of hydrogen-bond acceptors (Lipinski definition) is 6. The van der Waals surface area contributed by atoms with Gasteiger partial charge in [-0.1, -0.05) is 6.92 Å². The van der Waals surface area contributed by atoms with Gasteiger partial charge in [-0.3, -0.25) is 0 Å². The number of aromatic amines is 1. The minimum absolute atomic E-state index is 0.145. The van der Waals surface area contributed by atoms with Crippen LogP contribution in [-0.4, -0.2) is 41.7 Å². The summed E-state index contributed by atoms with van der Waals surface area (Å²) in [6.07, 6.45) is 0.904. The molecule has 0 saturated carbocycles. The molecule has 0 unspecified atom stereocenters. The topological polar surface area (TPSA) is 86.3 Å². The zero-order valence-corrected chi connectivity index (χ0v) is 12.9. The van der Waals surface area contributed by atoms with E-state index in [2.05, 4.69) is 15.4 Å². The molecule has 0 spiro atoms. The first-order valence-electron chi connectivity index (χ1n) is 7.10. The Balaban J connectivity index is 2.34. The van der Waals surface area contributed by atoms with Crippen molar-refractivity contribution in [2.45, 2.75) is 20.3 Å². The largest absolute Gasteiger partial charge is 0.493 e. The molecule has 0 fully saturated rings. The molecule has 0 aliphatic carbocycles. The molecule has 2 rings (SSSR count). The number of H-pyrrole nitrogens is 1. The van der Waals surface area contributed by atoms with Gasteiger partial charge in [-0.2, -0.15) is 10.3 Å². The lowest BCUT2D eigenvalue weighted by Gasteiger charge is -2.11. The molecule has 1 heterocycles. The highest BCUT2D eigenvalue weighted by molar-refractivity contribution is 5.94. The van der Waals surface area contributed by atoms with Gasteiger partial charge in [0.1, 0.15) is 5.69 Å². The summed E-state index contributed by atoms with van der Waals surface area (Å²) in [5.41, 5.74) is 1.25. The van der Waals surface area contributed by atoms with Crippen LogP contribution in [0.25, 0.3) is 11.3 Å². The summed E-state index contributed by atoms with van der Waals surface area (Å²) in [7, 11) is 1.56. The monoisotopic (exact) mass is 305 g/mol. The van der Waals surface area contributed by atoms with E-state index in [-0.39, 0.29) is 12.3 Å². The van der Waals surface area contributed by atoms with Crippen LogP contribution in [0.2, 0.25) is 0 Å². The lowest BCUT2D eigenvalue weighted by Crippen LogP contribution is -2.07. The Morgan fingerprint density at radius 2 is 2.05 bits per heavy atom. The Kier molecular flexibility index (Phi) is 5.35. The molecule has 2 aromatic rings. The van der Waals surface area contributed by atoms with E-state index in [0.29, 0.717) is 29.4 Å². The number of methoxy groups -OCH3 is 1. The van der Waals surface area contributed by atoms with E-state index in [0.717, 1.165) is 6.42 Å². The molecule has 0 atom stereocenters. The molecule has 22 heavy (non-hydrogen) atoms. The normalized spacial score (nSPS) is 10.3. The zero-order valence-electron chi connectivity index (χ0n) is 12.9. The highest BCUT2D eigenvalue weighted by Crippen LogP contribution is 2.32. The molecular weight excluding hydrogens is 286 g/mol. The van der Waals surface area contributed by atoms with Gasteiger partial charge in [-0.05, 0) is 31.5 Å². The minimum atomic E-state index is -0.517. The average molecular weight is 305 g/mol. The number of esters is 1. The van der Waals surface area contributed by atoms with E-state index in [1.807, 2.05) is 6.92 Å². The lowest BCUT2D eigenvalue weighted by atomic mass is 10.1. The fourth-order valence-electron chi connectivity index (χ4n) is 1.92. The van der Waals surface area contributed by atoms with Crippen LogP contribution in [0, 0.1) is 0 Å². The summed E-state index contributed by atoms with van der Waals surface area (Å²) in [6, 6.07) is 5.34. The summed E-state index contributed by atoms with van der Waals surface area (Å²) in [5.74, 6) is 0.703. The maximum atomic E-state index is 11.9. The van der Waals surface area contributed by atoms with E-state index in [1.54, 1.807) is 32.2 Å². The predicted octanol–water partition coefficient (Wildman–Crippen LogP) is 2.45. The number of benzene rings is 1. The molecular formula is C15H19N3O4. The fraction of sp³-hybridized carbons (Fsp3) is 0.400. The number of nitrogens with one attached hydrogen (secondary N) is 1. The molecule has 0 aliphatic rings. The van der Waals surface area contributed by atoms with Gasteiger partial charge in [0.25, 0.3) is 0 Å². The summed E-state index contributed by atoms with van der Waals surface area (Å²) in [6.45, 7) is 4.65. The molecule has 7 heteroatoms. The van der Waals surface area contributed by atoms with Crippen LogP contribution in [0.4, 0.5) is 0 Å². The zero-order chi connectivity index (χ0) is 15.9. The third-order valence-electron chi connectivity index (χ3n) is 2.92. The van der Waals surface area contributed by atoms with Crippen LogP contribution < -0.4 is 9.47 Å². The first kappa shape index (κ1) is 15.8. The number of carbonyl (C=O) groups excluding carboxylic acids is 1. The molecule has 0 aliphatic heterocycles. The van der Waals surface area contributed by atoms with Gasteiger partial charge in [-0.15, -0.1) is 5.10 Å². The first-order chi connectivity index (χ1) is 10.7. The standard InChI is InChI=1S/C15H19N3O4/c1-4-8-22-11-7-6-10(9-12(11)20-3)13-14(17-18-16-13)15(19)21-5-2/h6-7,9H,4-5,8H2,1-3H3,(H,16,17,18). The number of nitrogens with zero attached hydrogens (tertiary/aromatic N) is 2. The van der Waals surface area contributed by atoms with Crippen LogP contribution in [0.15, 0.2) is 18.2 Å². The number of ether oxygens (including phenoxy) is 3. The Labute approximate surface area is 128 Å². The Hall–Kier alpha value is -2.57. The maximum absolute atomic E-state index is 11.9. The van der Waals surface area contributed by atoms with Gasteiger partial charge < -0.3 is 14.2 Å². The second-order valence-electron chi connectivity index (χ2n) is 4.46. The molecule has 0 amide bonds. The predicted molar refractivity (Wildman–Crippen MR) is 80.1 cm³/mol. The van der Waals surface area contributed by atoms with E-state index >= 15 is 0 Å². The second kappa shape index (κ2) is 7.44. The van der Waals surface area contributed by atoms with Crippen LogP contribution in [0.1, 0.15) is 30.8 Å². The molecule has 0 radical (unpaired) electrons. The van der Waals surface area contributed by atoms with Crippen molar-refractivity contribution in [3.63, 3.8) is 0 Å². The van der Waals surface area contributed by atoms with Crippen LogP contribution in [-0.2, 0) is 4.74 Å². The Morgan fingerprint density at radius 1 is 1.23 bits per heavy atom. The molecule has 118 valence electrons. The highest BCUT2D eigenvalue weighted by atomic mass is 16.5. The van der Waals surface area contributed by atoms with Crippen molar-refractivity contribution in [3.8, 4) is 22.8 Å². The third kappa shape index (κ3) is 3.36.